The van der Waals surface area contributed by atoms with Crippen molar-refractivity contribution in [2.24, 2.45) is 0 Å². The first-order valence-electron chi connectivity index (χ1n) is 4.67. The van der Waals surface area contributed by atoms with Crippen molar-refractivity contribution >= 4 is 17.4 Å². The topological polar surface area (TPSA) is 37.3 Å². The van der Waals surface area contributed by atoms with Gasteiger partial charge in [-0.2, -0.15) is 0 Å². The number of Topliss-reactive ketones (excluding diaryl/α,β-unsaturated/α-hetero) is 1. The Balaban J connectivity index is 2.83. The summed E-state index contributed by atoms with van der Waals surface area (Å²) < 4.78 is 0. The first-order chi connectivity index (χ1) is 6.65. The summed E-state index contributed by atoms with van der Waals surface area (Å²) in [5.74, 6) is -0.0395. The number of unbranched alkanes of at least 4 members (excludes halogenated alkanes) is 1. The van der Waals surface area contributed by atoms with Gasteiger partial charge >= 0.3 is 0 Å². The summed E-state index contributed by atoms with van der Waals surface area (Å²) in [6.07, 6.45) is 2.27. The quantitative estimate of drug-likeness (QED) is 0.777. The monoisotopic (exact) mass is 212 g/mol. The number of aromatic hydroxyl groups is 1. The van der Waals surface area contributed by atoms with Crippen molar-refractivity contribution in [1.82, 2.24) is 0 Å². The molecule has 0 aliphatic heterocycles. The molecule has 0 fully saturated rings. The summed E-state index contributed by atoms with van der Waals surface area (Å²) in [4.78, 5) is 11.6. The second-order valence-electron chi connectivity index (χ2n) is 3.19. The number of halogens is 1. The fraction of sp³-hybridized carbons (Fsp3) is 0.364. The summed E-state index contributed by atoms with van der Waals surface area (Å²) in [6, 6.07) is 4.52. The molecule has 0 atom stereocenters. The second-order valence-corrected chi connectivity index (χ2v) is 3.62. The van der Waals surface area contributed by atoms with Gasteiger partial charge in [-0.05, 0) is 24.6 Å². The molecular formula is C11H13ClO2. The Morgan fingerprint density at radius 1 is 1.50 bits per heavy atom. The van der Waals surface area contributed by atoms with E-state index in [4.69, 9.17) is 11.6 Å². The maximum Gasteiger partial charge on any atom is 0.166 e. The Bertz CT molecular complexity index is 334. The number of phenols is 1. The van der Waals surface area contributed by atoms with E-state index in [1.54, 1.807) is 6.07 Å². The molecule has 14 heavy (non-hydrogen) atoms. The number of hydrogen-bond donors (Lipinski definition) is 1. The summed E-state index contributed by atoms with van der Waals surface area (Å²) in [6.45, 7) is 2.02. The van der Waals surface area contributed by atoms with Crippen LogP contribution in [0.2, 0.25) is 5.02 Å². The van der Waals surface area contributed by atoms with Gasteiger partial charge in [-0.15, -0.1) is 0 Å². The van der Waals surface area contributed by atoms with Crippen LogP contribution in [0.15, 0.2) is 18.2 Å². The number of carbonyl (C=O) groups is 1. The molecule has 76 valence electrons. The largest absolute Gasteiger partial charge is 0.507 e. The normalized spacial score (nSPS) is 10.1. The third-order valence-electron chi connectivity index (χ3n) is 2.02. The van der Waals surface area contributed by atoms with Crippen LogP contribution in [0.1, 0.15) is 36.5 Å². The Kier molecular flexibility index (Phi) is 3.96. The van der Waals surface area contributed by atoms with Gasteiger partial charge < -0.3 is 5.11 Å². The summed E-state index contributed by atoms with van der Waals surface area (Å²) >= 11 is 5.73. The Labute approximate surface area is 88.5 Å². The van der Waals surface area contributed by atoms with E-state index in [-0.39, 0.29) is 11.5 Å². The van der Waals surface area contributed by atoms with Gasteiger partial charge in [0.15, 0.2) is 5.78 Å². The van der Waals surface area contributed by atoms with Crippen molar-refractivity contribution in [2.75, 3.05) is 0 Å². The van der Waals surface area contributed by atoms with E-state index in [1.165, 1.54) is 12.1 Å². The fourth-order valence-corrected chi connectivity index (χ4v) is 1.38. The Hall–Kier alpha value is -1.02. The van der Waals surface area contributed by atoms with Crippen LogP contribution in [0.25, 0.3) is 0 Å². The lowest BCUT2D eigenvalue weighted by atomic mass is 10.0. The second kappa shape index (κ2) is 5.01. The minimum atomic E-state index is -0.0492. The third-order valence-corrected chi connectivity index (χ3v) is 2.25. The number of ketones is 1. The van der Waals surface area contributed by atoms with E-state index in [0.29, 0.717) is 17.0 Å². The van der Waals surface area contributed by atoms with E-state index in [0.717, 1.165) is 12.8 Å². The molecule has 0 bridgehead atoms. The highest BCUT2D eigenvalue weighted by molar-refractivity contribution is 6.31. The first-order valence-corrected chi connectivity index (χ1v) is 5.04. The Morgan fingerprint density at radius 2 is 2.21 bits per heavy atom. The van der Waals surface area contributed by atoms with Gasteiger partial charge in [-0.1, -0.05) is 24.9 Å². The van der Waals surface area contributed by atoms with E-state index < -0.39 is 0 Å². The predicted molar refractivity (Wildman–Crippen MR) is 57.0 cm³/mol. The molecule has 1 aromatic rings. The molecule has 1 aromatic carbocycles. The minimum Gasteiger partial charge on any atom is -0.507 e. The summed E-state index contributed by atoms with van der Waals surface area (Å²) in [5, 5.41) is 9.90. The van der Waals surface area contributed by atoms with Crippen LogP contribution >= 0.6 is 11.6 Å². The number of rotatable bonds is 4. The molecule has 0 radical (unpaired) electrons. The highest BCUT2D eigenvalue weighted by atomic mass is 35.5. The molecule has 2 nitrogen and oxygen atoms in total. The van der Waals surface area contributed by atoms with E-state index >= 15 is 0 Å². The molecule has 0 unspecified atom stereocenters. The van der Waals surface area contributed by atoms with E-state index in [2.05, 4.69) is 0 Å². The van der Waals surface area contributed by atoms with Gasteiger partial charge in [0, 0.05) is 11.4 Å². The van der Waals surface area contributed by atoms with Gasteiger partial charge in [0.25, 0.3) is 0 Å². The minimum absolute atomic E-state index is 0.00973. The van der Waals surface area contributed by atoms with Gasteiger partial charge in [0.05, 0.1) is 5.56 Å². The van der Waals surface area contributed by atoms with Gasteiger partial charge in [0.1, 0.15) is 5.75 Å². The van der Waals surface area contributed by atoms with Gasteiger partial charge in [-0.3, -0.25) is 4.79 Å². The number of hydrogen-bond acceptors (Lipinski definition) is 2. The van der Waals surface area contributed by atoms with E-state index in [1.807, 2.05) is 6.92 Å². The predicted octanol–water partition coefficient (Wildman–Crippen LogP) is 3.42. The molecule has 0 aliphatic rings. The Morgan fingerprint density at radius 3 is 2.86 bits per heavy atom. The summed E-state index contributed by atoms with van der Waals surface area (Å²) in [7, 11) is 0. The van der Waals surface area contributed by atoms with Crippen LogP contribution in [0.5, 0.6) is 5.75 Å². The molecule has 1 N–H and O–H groups in total. The molecule has 0 amide bonds. The lowest BCUT2D eigenvalue weighted by Gasteiger charge is -2.03. The zero-order valence-electron chi connectivity index (χ0n) is 8.09. The SMILES string of the molecule is CCCCC(=O)c1cc(Cl)ccc1O. The van der Waals surface area contributed by atoms with Crippen LogP contribution < -0.4 is 0 Å². The van der Waals surface area contributed by atoms with Crippen molar-refractivity contribution in [3.05, 3.63) is 28.8 Å². The number of carbonyl (C=O) groups excluding carboxylic acids is 1. The molecule has 0 saturated carbocycles. The summed E-state index contributed by atoms with van der Waals surface area (Å²) in [5.41, 5.74) is 0.325. The first kappa shape index (κ1) is 11.1. The van der Waals surface area contributed by atoms with Crippen LogP contribution in [-0.4, -0.2) is 10.9 Å². The van der Waals surface area contributed by atoms with Crippen LogP contribution in [0, 0.1) is 0 Å². The average Bonchev–Trinajstić information content (AvgIpc) is 2.18. The number of benzene rings is 1. The molecular weight excluding hydrogens is 200 g/mol. The third kappa shape index (κ3) is 2.74. The zero-order valence-corrected chi connectivity index (χ0v) is 8.84. The number of phenolic OH excluding ortho intramolecular Hbond substituents is 1. The van der Waals surface area contributed by atoms with Gasteiger partial charge in [0.2, 0.25) is 0 Å². The van der Waals surface area contributed by atoms with Gasteiger partial charge in [-0.25, -0.2) is 0 Å². The van der Waals surface area contributed by atoms with Crippen LogP contribution in [0.3, 0.4) is 0 Å². The van der Waals surface area contributed by atoms with E-state index in [9.17, 15) is 9.90 Å². The molecule has 1 rings (SSSR count). The molecule has 0 saturated heterocycles. The van der Waals surface area contributed by atoms with Crippen molar-refractivity contribution < 1.29 is 9.90 Å². The molecule has 0 heterocycles. The van der Waals surface area contributed by atoms with Crippen molar-refractivity contribution in [1.29, 1.82) is 0 Å². The zero-order chi connectivity index (χ0) is 10.6. The van der Waals surface area contributed by atoms with Crippen LogP contribution in [-0.2, 0) is 0 Å². The lowest BCUT2D eigenvalue weighted by Crippen LogP contribution is -1.98. The molecule has 0 spiro atoms. The smallest absolute Gasteiger partial charge is 0.166 e. The maximum absolute atomic E-state index is 11.6. The molecule has 0 aliphatic carbocycles. The maximum atomic E-state index is 11.6. The molecule has 3 heteroatoms. The highest BCUT2D eigenvalue weighted by Crippen LogP contribution is 2.23. The van der Waals surface area contributed by atoms with Crippen molar-refractivity contribution in [2.45, 2.75) is 26.2 Å². The van der Waals surface area contributed by atoms with Crippen LogP contribution in [0.4, 0.5) is 0 Å². The average molecular weight is 213 g/mol. The van der Waals surface area contributed by atoms with Crippen molar-refractivity contribution in [3.8, 4) is 5.75 Å². The highest BCUT2D eigenvalue weighted by Gasteiger charge is 2.10. The molecule has 0 aromatic heterocycles. The van der Waals surface area contributed by atoms with Crippen molar-refractivity contribution in [3.63, 3.8) is 0 Å². The lowest BCUT2D eigenvalue weighted by molar-refractivity contribution is 0.0977. The standard InChI is InChI=1S/C11H13ClO2/c1-2-3-4-10(13)9-7-8(12)5-6-11(9)14/h5-7,14H,2-4H2,1H3. The fourth-order valence-electron chi connectivity index (χ4n) is 1.20.